The highest BCUT2D eigenvalue weighted by Crippen LogP contribution is 2.31. The van der Waals surface area contributed by atoms with Gasteiger partial charge < -0.3 is 14.9 Å². The molecule has 0 aliphatic rings. The minimum absolute atomic E-state index is 0.00653. The highest BCUT2D eigenvalue weighted by atomic mass is 16.5. The molecule has 0 spiro atoms. The molecule has 0 heterocycles. The number of hydrogen-bond donors (Lipinski definition) is 2. The van der Waals surface area contributed by atoms with E-state index in [-0.39, 0.29) is 18.6 Å². The maximum atomic E-state index is 11.0. The number of carbonyl (C=O) groups is 1. The molecule has 0 aromatic heterocycles. The van der Waals surface area contributed by atoms with Crippen LogP contribution in [0.2, 0.25) is 0 Å². The van der Waals surface area contributed by atoms with Crippen LogP contribution in [0, 0.1) is 10.8 Å². The Labute approximate surface area is 103 Å². The normalized spacial score (nSPS) is 14.2. The smallest absolute Gasteiger partial charge is 0.330 e. The van der Waals surface area contributed by atoms with Crippen LogP contribution in [0.25, 0.3) is 0 Å². The van der Waals surface area contributed by atoms with E-state index in [9.17, 15) is 9.90 Å². The molecule has 0 saturated heterocycles. The third-order valence-corrected chi connectivity index (χ3v) is 2.83. The summed E-state index contributed by atoms with van der Waals surface area (Å²) in [6.45, 7) is 10.8. The van der Waals surface area contributed by atoms with Gasteiger partial charge in [-0.25, -0.2) is 4.79 Å². The molecule has 0 bridgehead atoms. The molecule has 4 heteroatoms. The van der Waals surface area contributed by atoms with Gasteiger partial charge in [0, 0.05) is 18.1 Å². The summed E-state index contributed by atoms with van der Waals surface area (Å²) in [6, 6.07) is 0. The summed E-state index contributed by atoms with van der Waals surface area (Å²) >= 11 is 0. The lowest BCUT2D eigenvalue weighted by atomic mass is 9.77. The molecule has 0 fully saturated rings. The van der Waals surface area contributed by atoms with Crippen LogP contribution in [0.15, 0.2) is 12.7 Å². The van der Waals surface area contributed by atoms with Gasteiger partial charge in [0.25, 0.3) is 0 Å². The third kappa shape index (κ3) is 5.84. The standard InChI is InChI=1S/C13H24O4/c1-6-11(16)17-9-13(4,5)10(15)7-12(2,3)8-14/h6,10,14-15H,1,7-9H2,2-5H3. The Balaban J connectivity index is 4.38. The second-order valence-electron chi connectivity index (χ2n) is 5.84. The summed E-state index contributed by atoms with van der Waals surface area (Å²) in [5.41, 5.74) is -0.899. The first-order valence-corrected chi connectivity index (χ1v) is 5.73. The van der Waals surface area contributed by atoms with Crippen molar-refractivity contribution in [2.45, 2.75) is 40.2 Å². The largest absolute Gasteiger partial charge is 0.462 e. The minimum atomic E-state index is -0.651. The Morgan fingerprint density at radius 3 is 2.35 bits per heavy atom. The van der Waals surface area contributed by atoms with Crippen molar-refractivity contribution in [2.24, 2.45) is 10.8 Å². The zero-order chi connectivity index (χ0) is 13.7. The van der Waals surface area contributed by atoms with Crippen molar-refractivity contribution in [1.82, 2.24) is 0 Å². The zero-order valence-electron chi connectivity index (χ0n) is 11.2. The van der Waals surface area contributed by atoms with Crippen LogP contribution in [0.3, 0.4) is 0 Å². The number of aliphatic hydroxyl groups excluding tert-OH is 2. The Kier molecular flexibility index (Phi) is 5.85. The van der Waals surface area contributed by atoms with Crippen molar-refractivity contribution in [3.63, 3.8) is 0 Å². The van der Waals surface area contributed by atoms with Gasteiger partial charge in [0.15, 0.2) is 0 Å². The minimum Gasteiger partial charge on any atom is -0.462 e. The van der Waals surface area contributed by atoms with E-state index < -0.39 is 17.5 Å². The molecule has 0 rings (SSSR count). The molecule has 1 unspecified atom stereocenters. The van der Waals surface area contributed by atoms with Gasteiger partial charge in [-0.15, -0.1) is 0 Å². The van der Waals surface area contributed by atoms with Crippen molar-refractivity contribution in [1.29, 1.82) is 0 Å². The molecule has 0 amide bonds. The van der Waals surface area contributed by atoms with Crippen LogP contribution in [0.1, 0.15) is 34.1 Å². The lowest BCUT2D eigenvalue weighted by molar-refractivity contribution is -0.143. The van der Waals surface area contributed by atoms with E-state index in [1.165, 1.54) is 0 Å². The number of hydrogen-bond acceptors (Lipinski definition) is 4. The molecule has 0 aromatic carbocycles. The molecule has 0 radical (unpaired) electrons. The van der Waals surface area contributed by atoms with Crippen LogP contribution in [0.4, 0.5) is 0 Å². The molecule has 100 valence electrons. The number of aliphatic hydroxyl groups is 2. The first-order chi connectivity index (χ1) is 7.64. The van der Waals surface area contributed by atoms with E-state index in [1.807, 2.05) is 27.7 Å². The monoisotopic (exact) mass is 244 g/mol. The fraction of sp³-hybridized carbons (Fsp3) is 0.769. The van der Waals surface area contributed by atoms with Crippen LogP contribution >= 0.6 is 0 Å². The molecule has 2 N–H and O–H groups in total. The zero-order valence-corrected chi connectivity index (χ0v) is 11.2. The van der Waals surface area contributed by atoms with Crippen LogP contribution in [0.5, 0.6) is 0 Å². The first kappa shape index (κ1) is 16.1. The van der Waals surface area contributed by atoms with Crippen LogP contribution in [-0.2, 0) is 9.53 Å². The van der Waals surface area contributed by atoms with E-state index in [2.05, 4.69) is 6.58 Å². The fourth-order valence-corrected chi connectivity index (χ4v) is 1.28. The van der Waals surface area contributed by atoms with Gasteiger partial charge in [-0.3, -0.25) is 0 Å². The van der Waals surface area contributed by atoms with E-state index >= 15 is 0 Å². The molecule has 0 aliphatic heterocycles. The van der Waals surface area contributed by atoms with Gasteiger partial charge in [-0.1, -0.05) is 34.3 Å². The van der Waals surface area contributed by atoms with Gasteiger partial charge in [0.05, 0.1) is 12.7 Å². The third-order valence-electron chi connectivity index (χ3n) is 2.83. The van der Waals surface area contributed by atoms with Gasteiger partial charge in [0.1, 0.15) is 0 Å². The highest BCUT2D eigenvalue weighted by molar-refractivity contribution is 5.81. The van der Waals surface area contributed by atoms with E-state index in [4.69, 9.17) is 9.84 Å². The number of rotatable bonds is 7. The second-order valence-corrected chi connectivity index (χ2v) is 5.84. The summed E-state index contributed by atoms with van der Waals surface area (Å²) in [7, 11) is 0. The summed E-state index contributed by atoms with van der Waals surface area (Å²) in [5, 5.41) is 19.3. The predicted octanol–water partition coefficient (Wildman–Crippen LogP) is 1.51. The Morgan fingerprint density at radius 2 is 1.94 bits per heavy atom. The molecule has 0 aromatic rings. The van der Waals surface area contributed by atoms with Gasteiger partial charge >= 0.3 is 5.97 Å². The summed E-state index contributed by atoms with van der Waals surface area (Å²) in [5.74, 6) is -0.494. The predicted molar refractivity (Wildman–Crippen MR) is 66.4 cm³/mol. The Hall–Kier alpha value is -0.870. The summed E-state index contributed by atoms with van der Waals surface area (Å²) in [6.07, 6.45) is 0.893. The van der Waals surface area contributed by atoms with Crippen LogP contribution < -0.4 is 0 Å². The maximum absolute atomic E-state index is 11.0. The summed E-state index contributed by atoms with van der Waals surface area (Å²) in [4.78, 5) is 11.0. The lowest BCUT2D eigenvalue weighted by Crippen LogP contribution is -2.38. The highest BCUT2D eigenvalue weighted by Gasteiger charge is 2.33. The van der Waals surface area contributed by atoms with Crippen molar-refractivity contribution in [3.05, 3.63) is 12.7 Å². The lowest BCUT2D eigenvalue weighted by Gasteiger charge is -2.34. The molecule has 4 nitrogen and oxygen atoms in total. The summed E-state index contributed by atoms with van der Waals surface area (Å²) < 4.78 is 4.95. The number of carbonyl (C=O) groups excluding carboxylic acids is 1. The maximum Gasteiger partial charge on any atom is 0.330 e. The molecule has 1 atom stereocenters. The van der Waals surface area contributed by atoms with Crippen molar-refractivity contribution >= 4 is 5.97 Å². The van der Waals surface area contributed by atoms with Crippen molar-refractivity contribution < 1.29 is 19.7 Å². The van der Waals surface area contributed by atoms with Crippen molar-refractivity contribution in [2.75, 3.05) is 13.2 Å². The van der Waals surface area contributed by atoms with E-state index in [0.29, 0.717) is 6.42 Å². The average molecular weight is 244 g/mol. The van der Waals surface area contributed by atoms with E-state index in [0.717, 1.165) is 6.08 Å². The second kappa shape index (κ2) is 6.17. The number of ether oxygens (including phenoxy) is 1. The average Bonchev–Trinajstić information content (AvgIpc) is 2.25. The first-order valence-electron chi connectivity index (χ1n) is 5.73. The van der Waals surface area contributed by atoms with E-state index in [1.54, 1.807) is 0 Å². The SMILES string of the molecule is C=CC(=O)OCC(C)(C)C(O)CC(C)(C)CO. The molecule has 0 saturated carbocycles. The van der Waals surface area contributed by atoms with Crippen LogP contribution in [-0.4, -0.2) is 35.5 Å². The molecular formula is C13H24O4. The Bertz CT molecular complexity index is 269. The molecule has 17 heavy (non-hydrogen) atoms. The topological polar surface area (TPSA) is 66.8 Å². The Morgan fingerprint density at radius 1 is 1.41 bits per heavy atom. The van der Waals surface area contributed by atoms with Gasteiger partial charge in [0.2, 0.25) is 0 Å². The van der Waals surface area contributed by atoms with Gasteiger partial charge in [-0.05, 0) is 11.8 Å². The fourth-order valence-electron chi connectivity index (χ4n) is 1.28. The van der Waals surface area contributed by atoms with Crippen molar-refractivity contribution in [3.8, 4) is 0 Å². The molecular weight excluding hydrogens is 220 g/mol. The molecule has 0 aliphatic carbocycles. The number of esters is 1. The van der Waals surface area contributed by atoms with Gasteiger partial charge in [-0.2, -0.15) is 0 Å². The quantitative estimate of drug-likeness (QED) is 0.526.